The molecule has 14 heavy (non-hydrogen) atoms. The molecular formula is C10H18N2O2. The van der Waals surface area contributed by atoms with Gasteiger partial charge in [0.05, 0.1) is 5.92 Å². The molecule has 4 nitrogen and oxygen atoms in total. The van der Waals surface area contributed by atoms with Crippen molar-refractivity contribution in [2.75, 3.05) is 13.1 Å². The molecule has 2 heterocycles. The summed E-state index contributed by atoms with van der Waals surface area (Å²) in [6.07, 6.45) is 1.06. The smallest absolute Gasteiger partial charge is 0.312 e. The SMILES string of the molecule is CC(C)(C)OC(=O)C1CN2NCCC12. The number of hydrogen-bond donors (Lipinski definition) is 1. The summed E-state index contributed by atoms with van der Waals surface area (Å²) in [4.78, 5) is 11.7. The van der Waals surface area contributed by atoms with Crippen molar-refractivity contribution in [2.24, 2.45) is 5.92 Å². The van der Waals surface area contributed by atoms with Crippen molar-refractivity contribution in [2.45, 2.75) is 38.8 Å². The molecule has 0 bridgehead atoms. The number of carbonyl (C=O) groups is 1. The number of carbonyl (C=O) groups excluding carboxylic acids is 1. The second-order valence-corrected chi connectivity index (χ2v) is 5.06. The monoisotopic (exact) mass is 198 g/mol. The Bertz CT molecular complexity index is 247. The van der Waals surface area contributed by atoms with Crippen LogP contribution in [-0.4, -0.2) is 35.7 Å². The molecular weight excluding hydrogens is 180 g/mol. The van der Waals surface area contributed by atoms with Crippen LogP contribution in [0.5, 0.6) is 0 Å². The minimum Gasteiger partial charge on any atom is -0.460 e. The van der Waals surface area contributed by atoms with Gasteiger partial charge >= 0.3 is 5.97 Å². The topological polar surface area (TPSA) is 41.6 Å². The first-order valence-corrected chi connectivity index (χ1v) is 5.20. The Morgan fingerprint density at radius 1 is 1.50 bits per heavy atom. The summed E-state index contributed by atoms with van der Waals surface area (Å²) in [6.45, 7) is 7.53. The van der Waals surface area contributed by atoms with Crippen LogP contribution in [0.1, 0.15) is 27.2 Å². The van der Waals surface area contributed by atoms with E-state index in [9.17, 15) is 4.79 Å². The Morgan fingerprint density at radius 2 is 2.21 bits per heavy atom. The van der Waals surface area contributed by atoms with Gasteiger partial charge in [0, 0.05) is 19.1 Å². The Hall–Kier alpha value is -0.610. The zero-order valence-electron chi connectivity index (χ0n) is 9.04. The van der Waals surface area contributed by atoms with E-state index < -0.39 is 0 Å². The quantitative estimate of drug-likeness (QED) is 0.624. The highest BCUT2D eigenvalue weighted by Gasteiger charge is 2.47. The third-order valence-corrected chi connectivity index (χ3v) is 2.72. The molecule has 0 aromatic heterocycles. The molecule has 0 radical (unpaired) electrons. The van der Waals surface area contributed by atoms with E-state index in [1.807, 2.05) is 20.8 Å². The fourth-order valence-corrected chi connectivity index (χ4v) is 2.05. The highest BCUT2D eigenvalue weighted by Crippen LogP contribution is 2.31. The molecule has 4 heteroatoms. The maximum Gasteiger partial charge on any atom is 0.312 e. The summed E-state index contributed by atoms with van der Waals surface area (Å²) in [5.41, 5.74) is 2.87. The van der Waals surface area contributed by atoms with Crippen LogP contribution >= 0.6 is 0 Å². The van der Waals surface area contributed by atoms with E-state index in [-0.39, 0.29) is 17.5 Å². The number of hydrogen-bond acceptors (Lipinski definition) is 4. The molecule has 0 aromatic rings. The molecule has 2 saturated heterocycles. The lowest BCUT2D eigenvalue weighted by Gasteiger charge is -2.42. The van der Waals surface area contributed by atoms with Gasteiger partial charge in [-0.1, -0.05) is 0 Å². The van der Waals surface area contributed by atoms with E-state index in [4.69, 9.17) is 4.74 Å². The van der Waals surface area contributed by atoms with Crippen LogP contribution in [0.4, 0.5) is 0 Å². The number of fused-ring (bicyclic) bond motifs is 1. The van der Waals surface area contributed by atoms with E-state index in [1.165, 1.54) is 0 Å². The van der Waals surface area contributed by atoms with E-state index in [2.05, 4.69) is 10.4 Å². The second-order valence-electron chi connectivity index (χ2n) is 5.06. The van der Waals surface area contributed by atoms with Crippen LogP contribution in [0.15, 0.2) is 0 Å². The highest BCUT2D eigenvalue weighted by atomic mass is 16.6. The molecule has 2 aliphatic rings. The minimum absolute atomic E-state index is 0.0394. The van der Waals surface area contributed by atoms with Crippen molar-refractivity contribution in [1.29, 1.82) is 0 Å². The molecule has 2 atom stereocenters. The minimum atomic E-state index is -0.358. The molecule has 0 amide bonds. The van der Waals surface area contributed by atoms with Gasteiger partial charge in [0.2, 0.25) is 0 Å². The lowest BCUT2D eigenvalue weighted by molar-refractivity contribution is -0.170. The van der Waals surface area contributed by atoms with Crippen molar-refractivity contribution < 1.29 is 9.53 Å². The van der Waals surface area contributed by atoms with Crippen molar-refractivity contribution in [1.82, 2.24) is 10.4 Å². The predicted octanol–water partition coefficient (Wildman–Crippen LogP) is 0.537. The Labute approximate surface area is 84.6 Å². The molecule has 1 N–H and O–H groups in total. The number of nitrogens with one attached hydrogen (secondary N) is 1. The average Bonchev–Trinajstić information content (AvgIpc) is 2.28. The molecule has 2 rings (SSSR count). The van der Waals surface area contributed by atoms with Gasteiger partial charge in [-0.15, -0.1) is 0 Å². The van der Waals surface area contributed by atoms with Crippen molar-refractivity contribution in [3.8, 4) is 0 Å². The average molecular weight is 198 g/mol. The molecule has 0 aliphatic carbocycles. The Morgan fingerprint density at radius 3 is 2.79 bits per heavy atom. The third-order valence-electron chi connectivity index (χ3n) is 2.72. The van der Waals surface area contributed by atoms with Crippen LogP contribution < -0.4 is 5.43 Å². The maximum absolute atomic E-state index is 11.7. The number of rotatable bonds is 1. The van der Waals surface area contributed by atoms with E-state index in [1.54, 1.807) is 0 Å². The highest BCUT2D eigenvalue weighted by molar-refractivity contribution is 5.75. The van der Waals surface area contributed by atoms with Gasteiger partial charge in [-0.2, -0.15) is 0 Å². The summed E-state index contributed by atoms with van der Waals surface area (Å²) >= 11 is 0. The largest absolute Gasteiger partial charge is 0.460 e. The van der Waals surface area contributed by atoms with Crippen molar-refractivity contribution in [3.63, 3.8) is 0 Å². The van der Waals surface area contributed by atoms with Gasteiger partial charge in [0.1, 0.15) is 5.60 Å². The zero-order valence-corrected chi connectivity index (χ0v) is 9.04. The van der Waals surface area contributed by atoms with Gasteiger partial charge < -0.3 is 4.74 Å². The summed E-state index contributed by atoms with van der Waals surface area (Å²) < 4.78 is 5.36. The zero-order chi connectivity index (χ0) is 10.3. The number of esters is 1. The lowest BCUT2D eigenvalue weighted by Crippen LogP contribution is -2.59. The normalized spacial score (nSPS) is 32.2. The molecule has 2 aliphatic heterocycles. The molecule has 0 aromatic carbocycles. The fourth-order valence-electron chi connectivity index (χ4n) is 2.05. The van der Waals surface area contributed by atoms with Crippen LogP contribution in [-0.2, 0) is 9.53 Å². The van der Waals surface area contributed by atoms with Crippen LogP contribution in [0.25, 0.3) is 0 Å². The Kier molecular flexibility index (Phi) is 2.27. The van der Waals surface area contributed by atoms with Gasteiger partial charge in [-0.25, -0.2) is 5.01 Å². The lowest BCUT2D eigenvalue weighted by atomic mass is 9.89. The molecule has 0 saturated carbocycles. The third kappa shape index (κ3) is 1.77. The second kappa shape index (κ2) is 3.21. The van der Waals surface area contributed by atoms with Gasteiger partial charge in [-0.05, 0) is 27.2 Å². The summed E-state index contributed by atoms with van der Waals surface area (Å²) in [6, 6.07) is 0.379. The summed E-state index contributed by atoms with van der Waals surface area (Å²) in [5.74, 6) is 0.0478. The van der Waals surface area contributed by atoms with Crippen LogP contribution in [0.3, 0.4) is 0 Å². The summed E-state index contributed by atoms with van der Waals surface area (Å²) in [7, 11) is 0. The number of hydrazine groups is 1. The van der Waals surface area contributed by atoms with Crippen LogP contribution in [0, 0.1) is 5.92 Å². The molecule has 0 spiro atoms. The van der Waals surface area contributed by atoms with Crippen molar-refractivity contribution >= 4 is 5.97 Å². The first-order valence-electron chi connectivity index (χ1n) is 5.20. The van der Waals surface area contributed by atoms with E-state index in [0.717, 1.165) is 19.5 Å². The molecule has 2 unspecified atom stereocenters. The van der Waals surface area contributed by atoms with Gasteiger partial charge in [0.15, 0.2) is 0 Å². The summed E-state index contributed by atoms with van der Waals surface area (Å²) in [5, 5.41) is 2.13. The van der Waals surface area contributed by atoms with Crippen molar-refractivity contribution in [3.05, 3.63) is 0 Å². The van der Waals surface area contributed by atoms with E-state index >= 15 is 0 Å². The van der Waals surface area contributed by atoms with Crippen LogP contribution in [0.2, 0.25) is 0 Å². The number of ether oxygens (including phenoxy) is 1. The number of nitrogens with zero attached hydrogens (tertiary/aromatic N) is 1. The molecule has 80 valence electrons. The fraction of sp³-hybridized carbons (Fsp3) is 0.900. The van der Waals surface area contributed by atoms with Gasteiger partial charge in [-0.3, -0.25) is 10.2 Å². The standard InChI is InChI=1S/C10H18N2O2/c1-10(2,3)14-9(13)7-6-12-8(7)4-5-11-12/h7-8,11H,4-6H2,1-3H3. The molecule has 2 fully saturated rings. The first-order chi connectivity index (χ1) is 6.47. The Balaban J connectivity index is 1.88. The van der Waals surface area contributed by atoms with E-state index in [0.29, 0.717) is 6.04 Å². The maximum atomic E-state index is 11.7. The van der Waals surface area contributed by atoms with Gasteiger partial charge in [0.25, 0.3) is 0 Å². The predicted molar refractivity (Wildman–Crippen MR) is 52.4 cm³/mol. The first kappa shape index (κ1) is 9.93.